The first-order valence-electron chi connectivity index (χ1n) is 2.57. The van der Waals surface area contributed by atoms with Gasteiger partial charge in [0.05, 0.1) is 11.0 Å². The topological polar surface area (TPSA) is 29.1 Å². The highest BCUT2D eigenvalue weighted by Crippen LogP contribution is 2.04. The number of nitrogens with one attached hydrogen (secondary N) is 1. The van der Waals surface area contributed by atoms with Crippen molar-refractivity contribution in [3.63, 3.8) is 0 Å². The Labute approximate surface area is 53.3 Å². The molecular weight excluding hydrogens is 122 g/mol. The quantitative estimate of drug-likeness (QED) is 0.407. The van der Waals surface area contributed by atoms with Crippen LogP contribution in [0.3, 0.4) is 0 Å². The molecule has 1 aliphatic rings. The summed E-state index contributed by atoms with van der Waals surface area (Å²) in [6, 6.07) is 0.00231. The third-order valence-electron chi connectivity index (χ3n) is 1.19. The van der Waals surface area contributed by atoms with Crippen LogP contribution in [0.1, 0.15) is 12.8 Å². The molecule has 3 heteroatoms. The van der Waals surface area contributed by atoms with Gasteiger partial charge in [-0.1, -0.05) is 12.2 Å². The van der Waals surface area contributed by atoms with Gasteiger partial charge in [-0.2, -0.15) is 0 Å². The van der Waals surface area contributed by atoms with E-state index >= 15 is 0 Å². The van der Waals surface area contributed by atoms with Crippen LogP contribution < -0.4 is 5.32 Å². The highest BCUT2D eigenvalue weighted by Gasteiger charge is 2.15. The van der Waals surface area contributed by atoms with Gasteiger partial charge in [0.2, 0.25) is 0 Å². The molecule has 0 aliphatic carbocycles. The Morgan fingerprint density at radius 3 is 2.88 bits per heavy atom. The molecule has 0 bridgehead atoms. The van der Waals surface area contributed by atoms with E-state index in [9.17, 15) is 4.79 Å². The first-order chi connectivity index (χ1) is 3.83. The van der Waals surface area contributed by atoms with Crippen LogP contribution in [0.5, 0.6) is 0 Å². The number of hydrogen-bond donors (Lipinski definition) is 1. The van der Waals surface area contributed by atoms with Gasteiger partial charge in [0.1, 0.15) is 6.29 Å². The van der Waals surface area contributed by atoms with E-state index in [2.05, 4.69) is 5.32 Å². The summed E-state index contributed by atoms with van der Waals surface area (Å²) in [5, 5.41) is 2.87. The molecule has 44 valence electrons. The maximum absolute atomic E-state index is 10.0. The molecule has 0 unspecified atom stereocenters. The van der Waals surface area contributed by atoms with Crippen LogP contribution in [0.4, 0.5) is 0 Å². The first kappa shape index (κ1) is 5.69. The van der Waals surface area contributed by atoms with Crippen LogP contribution in [-0.2, 0) is 4.79 Å². The van der Waals surface area contributed by atoms with Crippen molar-refractivity contribution >= 4 is 23.5 Å². The van der Waals surface area contributed by atoms with E-state index in [0.29, 0.717) is 0 Å². The molecule has 1 atom stereocenters. The minimum Gasteiger partial charge on any atom is -0.370 e. The Morgan fingerprint density at radius 2 is 2.62 bits per heavy atom. The van der Waals surface area contributed by atoms with Gasteiger partial charge in [-0.25, -0.2) is 0 Å². The fourth-order valence-electron chi connectivity index (χ4n) is 0.740. The van der Waals surface area contributed by atoms with Crippen molar-refractivity contribution in [2.45, 2.75) is 18.9 Å². The predicted octanol–water partition coefficient (Wildman–Crippen LogP) is 0.265. The van der Waals surface area contributed by atoms with Crippen LogP contribution in [0.15, 0.2) is 0 Å². The largest absolute Gasteiger partial charge is 0.370 e. The Hall–Kier alpha value is -0.440. The second-order valence-corrected chi connectivity index (χ2v) is 2.34. The first-order valence-corrected chi connectivity index (χ1v) is 2.98. The molecule has 1 heterocycles. The number of hydrogen-bond acceptors (Lipinski definition) is 2. The third-order valence-corrected chi connectivity index (χ3v) is 1.52. The van der Waals surface area contributed by atoms with E-state index in [1.807, 2.05) is 0 Å². The number of carbonyl (C=O) groups excluding carboxylic acids is 1. The van der Waals surface area contributed by atoms with E-state index in [4.69, 9.17) is 12.2 Å². The third kappa shape index (κ3) is 1.04. The van der Waals surface area contributed by atoms with Gasteiger partial charge in [-0.15, -0.1) is 0 Å². The zero-order valence-electron chi connectivity index (χ0n) is 4.39. The van der Waals surface area contributed by atoms with Crippen LogP contribution in [0.2, 0.25) is 0 Å². The van der Waals surface area contributed by atoms with Crippen molar-refractivity contribution in [3.05, 3.63) is 0 Å². The SMILES string of the molecule is O=C[C@@H]1CCC(=S)N1. The summed E-state index contributed by atoms with van der Waals surface area (Å²) < 4.78 is 0. The molecule has 1 saturated heterocycles. The smallest absolute Gasteiger partial charge is 0.142 e. The van der Waals surface area contributed by atoms with E-state index in [1.165, 1.54) is 0 Å². The summed E-state index contributed by atoms with van der Waals surface area (Å²) in [6.07, 6.45) is 2.65. The van der Waals surface area contributed by atoms with Crippen molar-refractivity contribution in [2.24, 2.45) is 0 Å². The fourth-order valence-corrected chi connectivity index (χ4v) is 1.01. The van der Waals surface area contributed by atoms with Gasteiger partial charge in [-0.05, 0) is 6.42 Å². The summed E-state index contributed by atoms with van der Waals surface area (Å²) in [5.74, 6) is 0. The molecule has 0 spiro atoms. The van der Waals surface area contributed by atoms with Crippen molar-refractivity contribution in [1.29, 1.82) is 0 Å². The molecule has 1 aliphatic heterocycles. The fraction of sp³-hybridized carbons (Fsp3) is 0.600. The maximum Gasteiger partial charge on any atom is 0.142 e. The van der Waals surface area contributed by atoms with Crippen molar-refractivity contribution in [2.75, 3.05) is 0 Å². The van der Waals surface area contributed by atoms with Crippen LogP contribution in [0.25, 0.3) is 0 Å². The molecule has 0 saturated carbocycles. The minimum atomic E-state index is 0.00231. The molecule has 2 nitrogen and oxygen atoms in total. The van der Waals surface area contributed by atoms with Crippen molar-refractivity contribution in [3.8, 4) is 0 Å². The molecule has 0 amide bonds. The zero-order chi connectivity index (χ0) is 5.98. The molecule has 1 fully saturated rings. The summed E-state index contributed by atoms with van der Waals surface area (Å²) in [6.45, 7) is 0. The monoisotopic (exact) mass is 129 g/mol. The van der Waals surface area contributed by atoms with Crippen LogP contribution in [-0.4, -0.2) is 17.3 Å². The van der Waals surface area contributed by atoms with Gasteiger partial charge in [-0.3, -0.25) is 0 Å². The molecule has 0 radical (unpaired) electrons. The standard InChI is InChI=1S/C5H7NOS/c7-3-4-1-2-5(8)6-4/h3-4H,1-2H2,(H,6,8)/t4-/m0/s1. The zero-order valence-corrected chi connectivity index (χ0v) is 5.20. The summed E-state index contributed by atoms with van der Waals surface area (Å²) in [4.78, 5) is 10.9. The number of thiocarbonyl (C=S) groups is 1. The predicted molar refractivity (Wildman–Crippen MR) is 34.8 cm³/mol. The van der Waals surface area contributed by atoms with E-state index in [0.717, 1.165) is 24.1 Å². The number of carbonyl (C=O) groups is 1. The maximum atomic E-state index is 10.0. The highest BCUT2D eigenvalue weighted by atomic mass is 32.1. The number of rotatable bonds is 1. The van der Waals surface area contributed by atoms with Gasteiger partial charge in [0.15, 0.2) is 0 Å². The average Bonchev–Trinajstić information content (AvgIpc) is 2.14. The Morgan fingerprint density at radius 1 is 1.88 bits per heavy atom. The lowest BCUT2D eigenvalue weighted by Crippen LogP contribution is -2.24. The lowest BCUT2D eigenvalue weighted by molar-refractivity contribution is -0.109. The molecule has 1 rings (SSSR count). The molecule has 0 aromatic carbocycles. The van der Waals surface area contributed by atoms with Gasteiger partial charge in [0, 0.05) is 6.42 Å². The molecule has 1 N–H and O–H groups in total. The van der Waals surface area contributed by atoms with Crippen molar-refractivity contribution < 1.29 is 4.79 Å². The summed E-state index contributed by atoms with van der Waals surface area (Å²) in [5.41, 5.74) is 0. The van der Waals surface area contributed by atoms with Crippen LogP contribution in [0, 0.1) is 0 Å². The van der Waals surface area contributed by atoms with E-state index in [-0.39, 0.29) is 6.04 Å². The lowest BCUT2D eigenvalue weighted by Gasteiger charge is -1.96. The van der Waals surface area contributed by atoms with Gasteiger partial charge < -0.3 is 10.1 Å². The number of aldehydes is 1. The van der Waals surface area contributed by atoms with Crippen molar-refractivity contribution in [1.82, 2.24) is 5.32 Å². The Bertz CT molecular complexity index is 124. The Kier molecular flexibility index (Phi) is 1.58. The lowest BCUT2D eigenvalue weighted by atomic mass is 10.2. The second kappa shape index (κ2) is 2.22. The van der Waals surface area contributed by atoms with Gasteiger partial charge in [0.25, 0.3) is 0 Å². The molecule has 8 heavy (non-hydrogen) atoms. The minimum absolute atomic E-state index is 0.00231. The molecule has 0 aromatic heterocycles. The normalized spacial score (nSPS) is 27.5. The van der Waals surface area contributed by atoms with Crippen LogP contribution >= 0.6 is 12.2 Å². The van der Waals surface area contributed by atoms with E-state index < -0.39 is 0 Å². The highest BCUT2D eigenvalue weighted by molar-refractivity contribution is 7.80. The summed E-state index contributed by atoms with van der Waals surface area (Å²) in [7, 11) is 0. The molecular formula is C5H7NOS. The molecule has 0 aromatic rings. The Balaban J connectivity index is 2.43. The van der Waals surface area contributed by atoms with Gasteiger partial charge >= 0.3 is 0 Å². The summed E-state index contributed by atoms with van der Waals surface area (Å²) >= 11 is 4.79. The van der Waals surface area contributed by atoms with E-state index in [1.54, 1.807) is 0 Å². The second-order valence-electron chi connectivity index (χ2n) is 1.85. The average molecular weight is 129 g/mol.